The Morgan fingerprint density at radius 1 is 0.706 bits per heavy atom. The molecule has 0 saturated carbocycles. The lowest BCUT2D eigenvalue weighted by molar-refractivity contribution is -0.382. The highest BCUT2D eigenvalue weighted by atomic mass is 16.8. The second-order valence-electron chi connectivity index (χ2n) is 8.36. The fourth-order valence-corrected chi connectivity index (χ4v) is 3.97. The van der Waals surface area contributed by atoms with Gasteiger partial charge in [-0.25, -0.2) is 4.79 Å². The molecular formula is C18H30O16. The summed E-state index contributed by atoms with van der Waals surface area (Å²) in [4.78, 5) is 11.3. The topological polar surface area (TPSA) is 266 Å². The minimum atomic E-state index is -2.02. The molecule has 3 aliphatic rings. The van der Waals surface area contributed by atoms with Crippen LogP contribution in [0.4, 0.5) is 0 Å². The van der Waals surface area contributed by atoms with Gasteiger partial charge in [0, 0.05) is 0 Å². The van der Waals surface area contributed by atoms with Gasteiger partial charge in [-0.3, -0.25) is 0 Å². The molecule has 16 heteroatoms. The Morgan fingerprint density at radius 2 is 1.29 bits per heavy atom. The lowest BCUT2D eigenvalue weighted by Crippen LogP contribution is -2.66. The molecule has 0 aromatic rings. The van der Waals surface area contributed by atoms with E-state index in [0.717, 1.165) is 0 Å². The minimum absolute atomic E-state index is 0.778. The molecule has 3 aliphatic heterocycles. The molecular weight excluding hydrogens is 472 g/mol. The van der Waals surface area contributed by atoms with Gasteiger partial charge in [0.15, 0.2) is 25.0 Å². The van der Waals surface area contributed by atoms with E-state index in [1.165, 1.54) is 6.92 Å². The lowest BCUT2D eigenvalue weighted by Gasteiger charge is -2.47. The van der Waals surface area contributed by atoms with Crippen LogP contribution in [0.1, 0.15) is 6.92 Å². The number of carbonyl (C=O) groups is 1. The van der Waals surface area contributed by atoms with Crippen molar-refractivity contribution in [1.82, 2.24) is 0 Å². The lowest BCUT2D eigenvalue weighted by atomic mass is 9.96. The average Bonchev–Trinajstić information content (AvgIpc) is 2.79. The van der Waals surface area contributed by atoms with Crippen molar-refractivity contribution >= 4 is 5.97 Å². The molecule has 0 spiro atoms. The monoisotopic (exact) mass is 502 g/mol. The Kier molecular flexibility index (Phi) is 8.81. The average molecular weight is 502 g/mol. The highest BCUT2D eigenvalue weighted by Crippen LogP contribution is 2.32. The minimum Gasteiger partial charge on any atom is -0.479 e. The number of hydrogen-bond acceptors (Lipinski definition) is 15. The number of ether oxygens (including phenoxy) is 5. The number of carboxylic acids is 1. The van der Waals surface area contributed by atoms with Crippen LogP contribution in [0.15, 0.2) is 0 Å². The van der Waals surface area contributed by atoms with E-state index in [0.29, 0.717) is 0 Å². The van der Waals surface area contributed by atoms with Gasteiger partial charge in [0.25, 0.3) is 0 Å². The Balaban J connectivity index is 1.83. The molecule has 0 bridgehead atoms. The number of rotatable bonds is 6. The molecule has 3 heterocycles. The number of aliphatic carboxylic acids is 1. The predicted molar refractivity (Wildman–Crippen MR) is 100 cm³/mol. The van der Waals surface area contributed by atoms with Crippen molar-refractivity contribution < 1.29 is 79.5 Å². The van der Waals surface area contributed by atoms with Gasteiger partial charge in [0.1, 0.15) is 61.0 Å². The number of aliphatic hydroxyl groups is 9. The molecule has 0 aromatic carbocycles. The maximum absolute atomic E-state index is 11.3. The van der Waals surface area contributed by atoms with Crippen LogP contribution < -0.4 is 0 Å². The maximum Gasteiger partial charge on any atom is 0.335 e. The Morgan fingerprint density at radius 3 is 1.88 bits per heavy atom. The van der Waals surface area contributed by atoms with Gasteiger partial charge >= 0.3 is 5.97 Å². The summed E-state index contributed by atoms with van der Waals surface area (Å²) in [5.74, 6) is -1.69. The van der Waals surface area contributed by atoms with Crippen LogP contribution in [-0.2, 0) is 28.5 Å². The van der Waals surface area contributed by atoms with E-state index in [1.54, 1.807) is 0 Å². The van der Waals surface area contributed by atoms with Crippen LogP contribution >= 0.6 is 0 Å². The summed E-state index contributed by atoms with van der Waals surface area (Å²) < 4.78 is 26.5. The van der Waals surface area contributed by atoms with Crippen LogP contribution in [0, 0.1) is 0 Å². The third kappa shape index (κ3) is 5.20. The third-order valence-corrected chi connectivity index (χ3v) is 6.02. The zero-order chi connectivity index (χ0) is 25.5. The fraction of sp³-hybridized carbons (Fsp3) is 0.944. The van der Waals surface area contributed by atoms with Gasteiger partial charge in [-0.2, -0.15) is 0 Å². The van der Waals surface area contributed by atoms with Crippen molar-refractivity contribution in [3.8, 4) is 0 Å². The molecule has 3 saturated heterocycles. The molecule has 0 radical (unpaired) electrons. The second-order valence-corrected chi connectivity index (χ2v) is 8.36. The summed E-state index contributed by atoms with van der Waals surface area (Å²) in [7, 11) is 0. The zero-order valence-corrected chi connectivity index (χ0v) is 17.8. The van der Waals surface area contributed by atoms with E-state index in [2.05, 4.69) is 0 Å². The van der Waals surface area contributed by atoms with E-state index in [1.807, 2.05) is 0 Å². The molecule has 34 heavy (non-hydrogen) atoms. The van der Waals surface area contributed by atoms with E-state index in [9.17, 15) is 55.9 Å². The van der Waals surface area contributed by atoms with Crippen molar-refractivity contribution in [2.75, 3.05) is 6.61 Å². The highest BCUT2D eigenvalue weighted by Gasteiger charge is 2.54. The van der Waals surface area contributed by atoms with E-state index in [4.69, 9.17) is 23.7 Å². The second kappa shape index (κ2) is 10.9. The first-order valence-corrected chi connectivity index (χ1v) is 10.4. The Labute approximate surface area is 192 Å². The third-order valence-electron chi connectivity index (χ3n) is 6.02. The van der Waals surface area contributed by atoms with Crippen LogP contribution in [0.2, 0.25) is 0 Å². The first-order valence-electron chi connectivity index (χ1n) is 10.4. The molecule has 0 aliphatic carbocycles. The molecule has 15 atom stereocenters. The number of carboxylic acid groups (broad SMARTS) is 1. The summed E-state index contributed by atoms with van der Waals surface area (Å²) in [6, 6.07) is 0. The Hall–Kier alpha value is -1.09. The molecule has 10 N–H and O–H groups in total. The summed E-state index contributed by atoms with van der Waals surface area (Å²) >= 11 is 0. The molecule has 16 nitrogen and oxygen atoms in total. The van der Waals surface area contributed by atoms with Crippen molar-refractivity contribution in [2.45, 2.75) is 99.0 Å². The van der Waals surface area contributed by atoms with Crippen LogP contribution in [0.5, 0.6) is 0 Å². The first kappa shape index (κ1) is 27.5. The van der Waals surface area contributed by atoms with Crippen molar-refractivity contribution in [2.24, 2.45) is 0 Å². The maximum atomic E-state index is 11.3. The van der Waals surface area contributed by atoms with Crippen molar-refractivity contribution in [1.29, 1.82) is 0 Å². The van der Waals surface area contributed by atoms with Gasteiger partial charge in [-0.1, -0.05) is 0 Å². The largest absolute Gasteiger partial charge is 0.479 e. The summed E-state index contributed by atoms with van der Waals surface area (Å²) in [5, 5.41) is 99.3. The van der Waals surface area contributed by atoms with Gasteiger partial charge in [0.2, 0.25) is 0 Å². The van der Waals surface area contributed by atoms with Gasteiger partial charge < -0.3 is 74.7 Å². The molecule has 198 valence electrons. The van der Waals surface area contributed by atoms with E-state index < -0.39 is 105 Å². The fourth-order valence-electron chi connectivity index (χ4n) is 3.97. The van der Waals surface area contributed by atoms with E-state index in [-0.39, 0.29) is 0 Å². The zero-order valence-electron chi connectivity index (χ0n) is 17.8. The van der Waals surface area contributed by atoms with Crippen molar-refractivity contribution in [3.63, 3.8) is 0 Å². The molecule has 3 rings (SSSR count). The SMILES string of the molecule is C[C@@H]1O[C@@H](O[C@@H]2[C@H](O)[C@@H](O)C(O)O[C@@H]2CO)[C@H](O[C@@H]2O[C@H](C(=O)O)[C@@H](O)[C@H](O)[C@H]2O)[C@H](O)[C@H]1O. The summed E-state index contributed by atoms with van der Waals surface area (Å²) in [6.45, 7) is 0.572. The smallest absolute Gasteiger partial charge is 0.335 e. The molecule has 0 aromatic heterocycles. The quantitative estimate of drug-likeness (QED) is 0.162. The molecule has 0 amide bonds. The number of aliphatic hydroxyl groups excluding tert-OH is 9. The van der Waals surface area contributed by atoms with Crippen LogP contribution in [-0.4, -0.2) is 156 Å². The molecule has 3 fully saturated rings. The standard InChI is InChI=1S/C18H30O16/c1-3-5(20)7(22)14(34-17-11(26)6(21)8(23)13(33-17)15(27)28)18(30-3)32-12-4(2-19)31-16(29)10(25)9(12)24/h3-14,16-26,29H,2H2,1H3,(H,27,28)/t3-,4+,5-,6-,7+,8-,9+,10+,11+,12-,13-,14+,16?,17-,18-/m0/s1. The highest BCUT2D eigenvalue weighted by molar-refractivity contribution is 5.73. The predicted octanol–water partition coefficient (Wildman–Crippen LogP) is -6.45. The van der Waals surface area contributed by atoms with Gasteiger partial charge in [-0.05, 0) is 6.92 Å². The summed E-state index contributed by atoms with van der Waals surface area (Å²) in [6.07, 6.45) is -26.3. The summed E-state index contributed by atoms with van der Waals surface area (Å²) in [5.41, 5.74) is 0. The van der Waals surface area contributed by atoms with Gasteiger partial charge in [0.05, 0.1) is 12.7 Å². The van der Waals surface area contributed by atoms with E-state index >= 15 is 0 Å². The Bertz CT molecular complexity index is 693. The first-order chi connectivity index (χ1) is 15.9. The van der Waals surface area contributed by atoms with Crippen LogP contribution in [0.3, 0.4) is 0 Å². The van der Waals surface area contributed by atoms with Gasteiger partial charge in [-0.15, -0.1) is 0 Å². The van der Waals surface area contributed by atoms with Crippen molar-refractivity contribution in [3.05, 3.63) is 0 Å². The molecule has 1 unspecified atom stereocenters. The normalized spacial score (nSPS) is 52.4. The number of hydrogen-bond donors (Lipinski definition) is 10. The van der Waals surface area contributed by atoms with Crippen LogP contribution in [0.25, 0.3) is 0 Å².